The summed E-state index contributed by atoms with van der Waals surface area (Å²) >= 11 is 0. The van der Waals surface area contributed by atoms with E-state index in [9.17, 15) is 9.90 Å². The molecule has 3 unspecified atom stereocenters. The number of aromatic nitrogens is 2. The third kappa shape index (κ3) is 4.09. The lowest BCUT2D eigenvalue weighted by atomic mass is 10.0. The highest BCUT2D eigenvalue weighted by Crippen LogP contribution is 2.37. The number of phenolic OH excluding ortho intramolecular Hbond substituents is 1. The number of para-hydroxylation sites is 1. The number of ether oxygens (including phenoxy) is 2. The van der Waals surface area contributed by atoms with Crippen molar-refractivity contribution in [3.63, 3.8) is 0 Å². The Morgan fingerprint density at radius 3 is 2.56 bits per heavy atom. The first-order chi connectivity index (χ1) is 15.4. The minimum atomic E-state index is -0.378. The van der Waals surface area contributed by atoms with Crippen LogP contribution in [0.25, 0.3) is 11.3 Å². The molecule has 8 heteroatoms. The van der Waals surface area contributed by atoms with Crippen LogP contribution in [0.4, 0.5) is 11.5 Å². The smallest absolute Gasteiger partial charge is 0.337 e. The van der Waals surface area contributed by atoms with Crippen LogP contribution in [0.3, 0.4) is 0 Å². The number of methoxy groups -OCH3 is 1. The zero-order valence-corrected chi connectivity index (χ0v) is 18.2. The Balaban J connectivity index is 1.66. The summed E-state index contributed by atoms with van der Waals surface area (Å²) in [7, 11) is 1.36. The van der Waals surface area contributed by atoms with Gasteiger partial charge in [-0.3, -0.25) is 0 Å². The van der Waals surface area contributed by atoms with Gasteiger partial charge in [0.1, 0.15) is 11.9 Å². The summed E-state index contributed by atoms with van der Waals surface area (Å²) in [5.74, 6) is 0.0615. The molecule has 4 rings (SSSR count). The number of esters is 1. The van der Waals surface area contributed by atoms with E-state index < -0.39 is 0 Å². The predicted octanol–water partition coefficient (Wildman–Crippen LogP) is 3.57. The van der Waals surface area contributed by atoms with Crippen LogP contribution in [-0.2, 0) is 9.47 Å². The van der Waals surface area contributed by atoms with Gasteiger partial charge in [0, 0.05) is 12.1 Å². The van der Waals surface area contributed by atoms with Gasteiger partial charge < -0.3 is 25.2 Å². The van der Waals surface area contributed by atoms with Crippen LogP contribution in [0, 0.1) is 0 Å². The van der Waals surface area contributed by atoms with E-state index in [1.807, 2.05) is 31.2 Å². The highest BCUT2D eigenvalue weighted by Gasteiger charge is 2.34. The fraction of sp³-hybridized carbons (Fsp3) is 0.292. The first-order valence-corrected chi connectivity index (χ1v) is 10.4. The van der Waals surface area contributed by atoms with Crippen LogP contribution < -0.4 is 10.6 Å². The largest absolute Gasteiger partial charge is 0.507 e. The average Bonchev–Trinajstić information content (AvgIpc) is 2.81. The Hall–Kier alpha value is -3.65. The Morgan fingerprint density at radius 1 is 1.16 bits per heavy atom. The molecule has 0 bridgehead atoms. The van der Waals surface area contributed by atoms with Crippen molar-refractivity contribution in [3.05, 3.63) is 65.7 Å². The lowest BCUT2D eigenvalue weighted by Gasteiger charge is -2.43. The molecule has 0 aliphatic carbocycles. The second-order valence-corrected chi connectivity index (χ2v) is 7.85. The van der Waals surface area contributed by atoms with Crippen LogP contribution in [0.1, 0.15) is 35.9 Å². The van der Waals surface area contributed by atoms with Crippen LogP contribution in [0.5, 0.6) is 5.75 Å². The average molecular weight is 434 g/mol. The first kappa shape index (κ1) is 21.6. The molecule has 3 aromatic rings. The number of hydrogen-bond acceptors (Lipinski definition) is 8. The van der Waals surface area contributed by atoms with Crippen molar-refractivity contribution in [2.45, 2.75) is 32.1 Å². The third-order valence-corrected chi connectivity index (χ3v) is 5.91. The highest BCUT2D eigenvalue weighted by molar-refractivity contribution is 5.89. The maximum atomic E-state index is 11.7. The number of hydrogen-bond donors (Lipinski definition) is 2. The molecule has 8 nitrogen and oxygen atoms in total. The Labute approximate surface area is 186 Å². The molecular formula is C24H26N4O4. The Morgan fingerprint density at radius 2 is 1.88 bits per heavy atom. The number of nitrogen functional groups attached to an aromatic ring is 1. The molecule has 1 fully saturated rings. The first-order valence-electron chi connectivity index (χ1n) is 10.4. The minimum Gasteiger partial charge on any atom is -0.507 e. The molecule has 0 amide bonds. The molecule has 0 radical (unpaired) electrons. The molecule has 0 saturated carbocycles. The van der Waals surface area contributed by atoms with E-state index in [0.29, 0.717) is 29.2 Å². The number of nitrogens with zero attached hydrogens (tertiary/aromatic N) is 3. The SMILES string of the molecule is COC(=O)c1ccc(C2CN(c3cc(-c4ccccc4O)nnc3N)C(C)C(C)O2)cc1. The molecular weight excluding hydrogens is 408 g/mol. The van der Waals surface area contributed by atoms with Gasteiger partial charge in [0.25, 0.3) is 0 Å². The quantitative estimate of drug-likeness (QED) is 0.600. The van der Waals surface area contributed by atoms with Gasteiger partial charge >= 0.3 is 5.97 Å². The summed E-state index contributed by atoms with van der Waals surface area (Å²) in [4.78, 5) is 13.9. The maximum absolute atomic E-state index is 11.7. The van der Waals surface area contributed by atoms with E-state index in [1.54, 1.807) is 30.3 Å². The van der Waals surface area contributed by atoms with Crippen LogP contribution in [-0.4, -0.2) is 47.1 Å². The van der Waals surface area contributed by atoms with Gasteiger partial charge in [-0.1, -0.05) is 24.3 Å². The molecule has 3 atom stereocenters. The fourth-order valence-electron chi connectivity index (χ4n) is 3.91. The molecule has 1 aliphatic rings. The topological polar surface area (TPSA) is 111 Å². The van der Waals surface area contributed by atoms with Gasteiger partial charge in [-0.25, -0.2) is 4.79 Å². The number of phenols is 1. The standard InChI is InChI=1S/C24H26N4O4/c1-14-15(2)32-22(16-8-10-17(11-9-16)24(30)31-3)13-28(14)20-12-19(26-27-23(20)25)18-6-4-5-7-21(18)29/h4-12,14-15,22,29H,13H2,1-3H3,(H2,25,27). The van der Waals surface area contributed by atoms with E-state index in [2.05, 4.69) is 22.0 Å². The van der Waals surface area contributed by atoms with Gasteiger partial charge in [-0.2, -0.15) is 0 Å². The van der Waals surface area contributed by atoms with Crippen molar-refractivity contribution in [1.29, 1.82) is 0 Å². The van der Waals surface area contributed by atoms with E-state index in [1.165, 1.54) is 7.11 Å². The highest BCUT2D eigenvalue weighted by atomic mass is 16.5. The van der Waals surface area contributed by atoms with E-state index >= 15 is 0 Å². The molecule has 166 valence electrons. The summed E-state index contributed by atoms with van der Waals surface area (Å²) in [6, 6.07) is 16.1. The molecule has 32 heavy (non-hydrogen) atoms. The van der Waals surface area contributed by atoms with Crippen LogP contribution >= 0.6 is 0 Å². The van der Waals surface area contributed by atoms with Gasteiger partial charge in [0.2, 0.25) is 0 Å². The number of anilines is 2. The van der Waals surface area contributed by atoms with Gasteiger partial charge in [0.05, 0.1) is 36.2 Å². The molecule has 1 saturated heterocycles. The molecule has 2 heterocycles. The van der Waals surface area contributed by atoms with Crippen molar-refractivity contribution in [2.75, 3.05) is 24.3 Å². The number of carbonyl (C=O) groups is 1. The van der Waals surface area contributed by atoms with Crippen molar-refractivity contribution < 1.29 is 19.4 Å². The summed E-state index contributed by atoms with van der Waals surface area (Å²) in [5, 5.41) is 18.6. The monoisotopic (exact) mass is 434 g/mol. The number of morpholine rings is 1. The molecule has 0 spiro atoms. The third-order valence-electron chi connectivity index (χ3n) is 5.91. The van der Waals surface area contributed by atoms with Crippen molar-refractivity contribution in [2.24, 2.45) is 0 Å². The van der Waals surface area contributed by atoms with Gasteiger partial charge in [0.15, 0.2) is 5.82 Å². The second kappa shape index (κ2) is 8.84. The molecule has 3 N–H and O–H groups in total. The summed E-state index contributed by atoms with van der Waals surface area (Å²) in [6.07, 6.45) is -0.316. The fourth-order valence-corrected chi connectivity index (χ4v) is 3.91. The Bertz CT molecular complexity index is 1120. The predicted molar refractivity (Wildman–Crippen MR) is 121 cm³/mol. The normalized spacial score (nSPS) is 20.7. The zero-order valence-electron chi connectivity index (χ0n) is 18.2. The van der Waals surface area contributed by atoms with Crippen molar-refractivity contribution in [1.82, 2.24) is 10.2 Å². The lowest BCUT2D eigenvalue weighted by molar-refractivity contribution is -0.0372. The summed E-state index contributed by atoms with van der Waals surface area (Å²) in [6.45, 7) is 4.63. The van der Waals surface area contributed by atoms with Gasteiger partial charge in [-0.05, 0) is 49.7 Å². The number of rotatable bonds is 4. The second-order valence-electron chi connectivity index (χ2n) is 7.85. The molecule has 2 aromatic carbocycles. The van der Waals surface area contributed by atoms with Crippen molar-refractivity contribution in [3.8, 4) is 17.0 Å². The van der Waals surface area contributed by atoms with Gasteiger partial charge in [-0.15, -0.1) is 10.2 Å². The summed E-state index contributed by atoms with van der Waals surface area (Å²) < 4.78 is 11.0. The van der Waals surface area contributed by atoms with Crippen molar-refractivity contribution >= 4 is 17.5 Å². The Kier molecular flexibility index (Phi) is 5.96. The van der Waals surface area contributed by atoms with E-state index in [0.717, 1.165) is 11.3 Å². The number of benzene rings is 2. The molecule has 1 aliphatic heterocycles. The molecule has 1 aromatic heterocycles. The van der Waals surface area contributed by atoms with E-state index in [4.69, 9.17) is 15.2 Å². The van der Waals surface area contributed by atoms with Crippen LogP contribution in [0.2, 0.25) is 0 Å². The van der Waals surface area contributed by atoms with Crippen LogP contribution in [0.15, 0.2) is 54.6 Å². The zero-order chi connectivity index (χ0) is 22.8. The lowest BCUT2D eigenvalue weighted by Crippen LogP contribution is -2.50. The minimum absolute atomic E-state index is 0.0318. The number of carbonyl (C=O) groups excluding carboxylic acids is 1. The van der Waals surface area contributed by atoms with E-state index in [-0.39, 0.29) is 30.0 Å². The number of nitrogens with two attached hydrogens (primary N) is 1. The number of aromatic hydroxyl groups is 1. The maximum Gasteiger partial charge on any atom is 0.337 e. The summed E-state index contributed by atoms with van der Waals surface area (Å²) in [5.41, 5.74) is 9.52.